The summed E-state index contributed by atoms with van der Waals surface area (Å²) in [4.78, 5) is 14.0. The van der Waals surface area contributed by atoms with Gasteiger partial charge in [0.25, 0.3) is 0 Å². The molecule has 1 amide bonds. The third-order valence-corrected chi connectivity index (χ3v) is 3.23. The van der Waals surface area contributed by atoms with Gasteiger partial charge in [0.1, 0.15) is 0 Å². The van der Waals surface area contributed by atoms with Gasteiger partial charge in [-0.25, -0.2) is 0 Å². The minimum atomic E-state index is -0.0108. The quantitative estimate of drug-likeness (QED) is 0.922. The third-order valence-electron chi connectivity index (χ3n) is 3.23. The van der Waals surface area contributed by atoms with Gasteiger partial charge in [-0.15, -0.1) is 0 Å². The Kier molecular flexibility index (Phi) is 4.41. The fourth-order valence-electron chi connectivity index (χ4n) is 2.13. The van der Waals surface area contributed by atoms with Crippen molar-refractivity contribution in [3.05, 3.63) is 59.7 Å². The van der Waals surface area contributed by atoms with Gasteiger partial charge in [-0.1, -0.05) is 35.9 Å². The molecule has 0 fully saturated rings. The second-order valence-corrected chi connectivity index (χ2v) is 5.06. The van der Waals surface area contributed by atoms with Crippen LogP contribution in [0.25, 0.3) is 0 Å². The summed E-state index contributed by atoms with van der Waals surface area (Å²) in [5.74, 6) is -0.0108. The average Bonchev–Trinajstić information content (AvgIpc) is 2.43. The number of likely N-dealkylation sites (N-methyl/N-ethyl adjacent to an activating group) is 1. The molecular weight excluding hydrogens is 248 g/mol. The summed E-state index contributed by atoms with van der Waals surface area (Å²) in [7, 11) is 1.91. The van der Waals surface area contributed by atoms with E-state index in [1.807, 2.05) is 68.3 Å². The molecule has 0 atom stereocenters. The second kappa shape index (κ2) is 6.24. The van der Waals surface area contributed by atoms with E-state index < -0.39 is 0 Å². The van der Waals surface area contributed by atoms with Crippen LogP contribution in [0.5, 0.6) is 0 Å². The molecule has 0 heterocycles. The summed E-state index contributed by atoms with van der Waals surface area (Å²) in [5, 5.41) is 2.96. The normalized spacial score (nSPS) is 10.2. The van der Waals surface area contributed by atoms with Crippen molar-refractivity contribution in [2.24, 2.45) is 0 Å². The van der Waals surface area contributed by atoms with Crippen molar-refractivity contribution >= 4 is 17.3 Å². The van der Waals surface area contributed by atoms with Crippen LogP contribution >= 0.6 is 0 Å². The van der Waals surface area contributed by atoms with Gasteiger partial charge in [-0.2, -0.15) is 0 Å². The van der Waals surface area contributed by atoms with E-state index in [1.54, 1.807) is 0 Å². The van der Waals surface area contributed by atoms with Crippen LogP contribution in [0.15, 0.2) is 48.5 Å². The molecule has 0 radical (unpaired) electrons. The molecule has 0 aliphatic rings. The van der Waals surface area contributed by atoms with E-state index in [0.717, 1.165) is 16.9 Å². The van der Waals surface area contributed by atoms with Crippen molar-refractivity contribution in [3.8, 4) is 0 Å². The van der Waals surface area contributed by atoms with Gasteiger partial charge in [0.05, 0.1) is 6.54 Å². The monoisotopic (exact) mass is 268 g/mol. The summed E-state index contributed by atoms with van der Waals surface area (Å²) in [6.07, 6.45) is 0. The first-order valence-corrected chi connectivity index (χ1v) is 6.69. The average molecular weight is 268 g/mol. The molecule has 2 rings (SSSR count). The second-order valence-electron chi connectivity index (χ2n) is 5.06. The molecule has 20 heavy (non-hydrogen) atoms. The zero-order valence-electron chi connectivity index (χ0n) is 12.2. The zero-order chi connectivity index (χ0) is 14.5. The molecule has 104 valence electrons. The molecule has 0 aromatic heterocycles. The van der Waals surface area contributed by atoms with Crippen molar-refractivity contribution in [2.75, 3.05) is 23.8 Å². The Morgan fingerprint density at radius 1 is 1.10 bits per heavy atom. The predicted octanol–water partition coefficient (Wildman–Crippen LogP) is 3.38. The van der Waals surface area contributed by atoms with E-state index >= 15 is 0 Å². The van der Waals surface area contributed by atoms with Gasteiger partial charge in [0.15, 0.2) is 0 Å². The van der Waals surface area contributed by atoms with Crippen molar-refractivity contribution in [1.82, 2.24) is 0 Å². The molecule has 3 nitrogen and oxygen atoms in total. The lowest BCUT2D eigenvalue weighted by molar-refractivity contribution is -0.114. The number of rotatable bonds is 4. The van der Waals surface area contributed by atoms with Crippen LogP contribution < -0.4 is 10.2 Å². The molecule has 0 bridgehead atoms. The number of benzene rings is 2. The van der Waals surface area contributed by atoms with E-state index in [1.165, 1.54) is 5.56 Å². The highest BCUT2D eigenvalue weighted by Crippen LogP contribution is 2.16. The number of nitrogens with zero attached hydrogens (tertiary/aromatic N) is 1. The lowest BCUT2D eigenvalue weighted by Crippen LogP contribution is -2.30. The summed E-state index contributed by atoms with van der Waals surface area (Å²) < 4.78 is 0. The van der Waals surface area contributed by atoms with Gasteiger partial charge < -0.3 is 10.2 Å². The molecule has 0 spiro atoms. The Balaban J connectivity index is 1.99. The number of aryl methyl sites for hydroxylation is 2. The van der Waals surface area contributed by atoms with Gasteiger partial charge >= 0.3 is 0 Å². The summed E-state index contributed by atoms with van der Waals surface area (Å²) >= 11 is 0. The number of para-hydroxylation sites is 1. The number of hydrogen-bond donors (Lipinski definition) is 1. The molecule has 2 aromatic rings. The maximum Gasteiger partial charge on any atom is 0.243 e. The SMILES string of the molecule is Cc1ccc(NC(=O)CN(C)c2ccccc2)c(C)c1. The van der Waals surface area contributed by atoms with E-state index in [9.17, 15) is 4.79 Å². The van der Waals surface area contributed by atoms with Gasteiger partial charge in [-0.05, 0) is 37.6 Å². The maximum absolute atomic E-state index is 12.1. The standard InChI is InChI=1S/C17H20N2O/c1-13-9-10-16(14(2)11-13)18-17(20)12-19(3)15-7-5-4-6-8-15/h4-11H,12H2,1-3H3,(H,18,20). The van der Waals surface area contributed by atoms with E-state index in [-0.39, 0.29) is 5.91 Å². The number of carbonyl (C=O) groups is 1. The molecule has 0 aliphatic heterocycles. The van der Waals surface area contributed by atoms with Crippen LogP contribution in [-0.4, -0.2) is 19.5 Å². The number of hydrogen-bond acceptors (Lipinski definition) is 2. The lowest BCUT2D eigenvalue weighted by atomic mass is 10.1. The highest BCUT2D eigenvalue weighted by molar-refractivity contribution is 5.94. The smallest absolute Gasteiger partial charge is 0.243 e. The van der Waals surface area contributed by atoms with Crippen molar-refractivity contribution < 1.29 is 4.79 Å². The lowest BCUT2D eigenvalue weighted by Gasteiger charge is -2.19. The number of nitrogens with one attached hydrogen (secondary N) is 1. The van der Waals surface area contributed by atoms with Crippen molar-refractivity contribution in [3.63, 3.8) is 0 Å². The number of carbonyl (C=O) groups excluding carboxylic acids is 1. The molecule has 1 N–H and O–H groups in total. The fourth-order valence-corrected chi connectivity index (χ4v) is 2.13. The first kappa shape index (κ1) is 14.1. The van der Waals surface area contributed by atoms with Crippen LogP contribution in [0.1, 0.15) is 11.1 Å². The third kappa shape index (κ3) is 3.60. The Bertz CT molecular complexity index is 593. The molecule has 3 heteroatoms. The summed E-state index contributed by atoms with van der Waals surface area (Å²) in [6.45, 7) is 4.38. The Morgan fingerprint density at radius 3 is 2.45 bits per heavy atom. The topological polar surface area (TPSA) is 32.3 Å². The van der Waals surface area contributed by atoms with Gasteiger partial charge in [0.2, 0.25) is 5.91 Å². The summed E-state index contributed by atoms with van der Waals surface area (Å²) in [6, 6.07) is 15.9. The Morgan fingerprint density at radius 2 is 1.80 bits per heavy atom. The van der Waals surface area contributed by atoms with Crippen LogP contribution in [0.3, 0.4) is 0 Å². The molecule has 0 unspecified atom stereocenters. The maximum atomic E-state index is 12.1. The first-order valence-electron chi connectivity index (χ1n) is 6.69. The molecule has 0 saturated carbocycles. The van der Waals surface area contributed by atoms with Crippen LogP contribution in [-0.2, 0) is 4.79 Å². The van der Waals surface area contributed by atoms with Gasteiger partial charge in [-0.3, -0.25) is 4.79 Å². The molecule has 0 aliphatic carbocycles. The van der Waals surface area contributed by atoms with Crippen LogP contribution in [0, 0.1) is 13.8 Å². The minimum Gasteiger partial charge on any atom is -0.365 e. The van der Waals surface area contributed by atoms with Crippen LogP contribution in [0.4, 0.5) is 11.4 Å². The van der Waals surface area contributed by atoms with E-state index in [0.29, 0.717) is 6.54 Å². The van der Waals surface area contributed by atoms with Crippen molar-refractivity contribution in [1.29, 1.82) is 0 Å². The van der Waals surface area contributed by atoms with Gasteiger partial charge in [0, 0.05) is 18.4 Å². The zero-order valence-corrected chi connectivity index (χ0v) is 12.2. The van der Waals surface area contributed by atoms with Crippen LogP contribution in [0.2, 0.25) is 0 Å². The fraction of sp³-hybridized carbons (Fsp3) is 0.235. The number of amides is 1. The first-order chi connectivity index (χ1) is 9.56. The highest BCUT2D eigenvalue weighted by Gasteiger charge is 2.08. The number of anilines is 2. The highest BCUT2D eigenvalue weighted by atomic mass is 16.2. The predicted molar refractivity (Wildman–Crippen MR) is 84.3 cm³/mol. The van der Waals surface area contributed by atoms with E-state index in [2.05, 4.69) is 11.4 Å². The molecule has 0 saturated heterocycles. The van der Waals surface area contributed by atoms with E-state index in [4.69, 9.17) is 0 Å². The molecule has 2 aromatic carbocycles. The summed E-state index contributed by atoms with van der Waals surface area (Å²) in [5.41, 5.74) is 4.19. The van der Waals surface area contributed by atoms with Crippen molar-refractivity contribution in [2.45, 2.75) is 13.8 Å². The Hall–Kier alpha value is -2.29. The minimum absolute atomic E-state index is 0.0108. The largest absolute Gasteiger partial charge is 0.365 e. The molecular formula is C17H20N2O. The Labute approximate surface area is 120 Å².